The smallest absolute Gasteiger partial charge is 0.267 e. The van der Waals surface area contributed by atoms with Gasteiger partial charge in [0.25, 0.3) is 5.91 Å². The van der Waals surface area contributed by atoms with Gasteiger partial charge in [-0.1, -0.05) is 0 Å². The van der Waals surface area contributed by atoms with Crippen molar-refractivity contribution in [2.45, 2.75) is 0 Å². The van der Waals surface area contributed by atoms with Gasteiger partial charge < -0.3 is 14.7 Å². The number of H-pyrrole nitrogens is 1. The molecule has 0 unspecified atom stereocenters. The number of carbonyl (C=O) groups excluding carboxylic acids is 1. The number of hydrogen-bond acceptors (Lipinski definition) is 5. The first-order valence-electron chi connectivity index (χ1n) is 7.56. The van der Waals surface area contributed by atoms with Crippen molar-refractivity contribution in [1.29, 1.82) is 0 Å². The summed E-state index contributed by atoms with van der Waals surface area (Å²) in [6.45, 7) is 3.52. The molecule has 1 aliphatic rings. The van der Waals surface area contributed by atoms with Crippen molar-refractivity contribution in [2.24, 2.45) is 0 Å². The van der Waals surface area contributed by atoms with Crippen LogP contribution < -0.4 is 5.32 Å². The highest BCUT2D eigenvalue weighted by atomic mass is 79.9. The minimum atomic E-state index is -3.11. The number of piperazine rings is 1. The first-order chi connectivity index (χ1) is 11.3. The summed E-state index contributed by atoms with van der Waals surface area (Å²) in [6, 6.07) is 3.44. The Labute approximate surface area is 148 Å². The largest absolute Gasteiger partial charge is 0.448 e. The lowest BCUT2D eigenvalue weighted by atomic mass is 10.3. The molecule has 2 aromatic rings. The number of furan rings is 1. The molecule has 0 aliphatic carbocycles. The Morgan fingerprint density at radius 2 is 2.04 bits per heavy atom. The monoisotopic (exact) mass is 418 g/mol. The summed E-state index contributed by atoms with van der Waals surface area (Å²) in [6.07, 6.45) is 1.23. The van der Waals surface area contributed by atoms with Crippen LogP contribution in [0.1, 0.15) is 10.5 Å². The van der Waals surface area contributed by atoms with E-state index < -0.39 is 10.0 Å². The van der Waals surface area contributed by atoms with E-state index >= 15 is 0 Å². The van der Waals surface area contributed by atoms with Gasteiger partial charge in [0.15, 0.2) is 10.3 Å². The van der Waals surface area contributed by atoms with Crippen LogP contribution in [0.2, 0.25) is 0 Å². The molecule has 10 heteroatoms. The van der Waals surface area contributed by atoms with Gasteiger partial charge in [0.1, 0.15) is 5.69 Å². The van der Waals surface area contributed by atoms with E-state index in [0.29, 0.717) is 55.2 Å². The third-order valence-electron chi connectivity index (χ3n) is 4.03. The van der Waals surface area contributed by atoms with E-state index in [1.54, 1.807) is 12.1 Å². The van der Waals surface area contributed by atoms with Gasteiger partial charge >= 0.3 is 0 Å². The summed E-state index contributed by atoms with van der Waals surface area (Å²) in [5, 5.41) is 2.86. The molecule has 1 amide bonds. The van der Waals surface area contributed by atoms with Gasteiger partial charge in [0, 0.05) is 51.4 Å². The summed E-state index contributed by atoms with van der Waals surface area (Å²) in [5.41, 5.74) is 1.85. The molecule has 0 spiro atoms. The second-order valence-corrected chi connectivity index (χ2v) is 8.54. The van der Waals surface area contributed by atoms with Gasteiger partial charge in [-0.15, -0.1) is 0 Å². The Morgan fingerprint density at radius 1 is 1.33 bits per heavy atom. The second kappa shape index (κ2) is 6.87. The molecule has 2 aromatic heterocycles. The predicted molar refractivity (Wildman–Crippen MR) is 93.5 cm³/mol. The summed E-state index contributed by atoms with van der Waals surface area (Å²) < 4.78 is 30.4. The number of rotatable bonds is 5. The Balaban J connectivity index is 1.45. The van der Waals surface area contributed by atoms with E-state index in [0.717, 1.165) is 5.52 Å². The molecule has 0 bridgehead atoms. The normalized spacial score (nSPS) is 17.4. The fourth-order valence-corrected chi connectivity index (χ4v) is 3.95. The van der Waals surface area contributed by atoms with Crippen LogP contribution in [0, 0.1) is 0 Å². The number of amides is 1. The quantitative estimate of drug-likeness (QED) is 0.748. The van der Waals surface area contributed by atoms with Crippen molar-refractivity contribution in [3.05, 3.63) is 22.5 Å². The van der Waals surface area contributed by atoms with Crippen LogP contribution in [0.15, 0.2) is 21.2 Å². The van der Waals surface area contributed by atoms with Crippen LogP contribution in [-0.4, -0.2) is 74.0 Å². The number of halogens is 1. The number of sulfonamides is 1. The molecule has 3 rings (SSSR count). The highest BCUT2D eigenvalue weighted by Gasteiger charge is 2.23. The lowest BCUT2D eigenvalue weighted by Gasteiger charge is -2.33. The van der Waals surface area contributed by atoms with Gasteiger partial charge in [0.05, 0.1) is 11.8 Å². The molecule has 8 nitrogen and oxygen atoms in total. The van der Waals surface area contributed by atoms with E-state index in [-0.39, 0.29) is 5.91 Å². The zero-order valence-corrected chi connectivity index (χ0v) is 15.6. The van der Waals surface area contributed by atoms with Crippen LogP contribution in [0.4, 0.5) is 0 Å². The Hall–Kier alpha value is -1.36. The van der Waals surface area contributed by atoms with Crippen molar-refractivity contribution >= 4 is 43.0 Å². The SMILES string of the molecule is CS(=O)(=O)N1CCN(CCNC(=O)c2cc3oc(Br)cc3[nH]2)CC1. The lowest BCUT2D eigenvalue weighted by Crippen LogP contribution is -2.49. The van der Waals surface area contributed by atoms with Crippen molar-refractivity contribution < 1.29 is 17.6 Å². The van der Waals surface area contributed by atoms with Crippen molar-refractivity contribution in [3.8, 4) is 0 Å². The minimum absolute atomic E-state index is 0.188. The van der Waals surface area contributed by atoms with E-state index in [4.69, 9.17) is 4.42 Å². The van der Waals surface area contributed by atoms with Gasteiger partial charge in [-0.05, 0) is 15.9 Å². The van der Waals surface area contributed by atoms with E-state index in [1.165, 1.54) is 10.6 Å². The van der Waals surface area contributed by atoms with Gasteiger partial charge in [-0.2, -0.15) is 4.31 Å². The van der Waals surface area contributed by atoms with Gasteiger partial charge in [0.2, 0.25) is 10.0 Å². The number of nitrogens with zero attached hydrogens (tertiary/aromatic N) is 2. The molecular weight excluding hydrogens is 400 g/mol. The molecule has 1 saturated heterocycles. The zero-order valence-electron chi connectivity index (χ0n) is 13.2. The van der Waals surface area contributed by atoms with E-state index in [2.05, 4.69) is 31.1 Å². The van der Waals surface area contributed by atoms with E-state index in [1.807, 2.05) is 0 Å². The highest BCUT2D eigenvalue weighted by Crippen LogP contribution is 2.23. The average Bonchev–Trinajstić information content (AvgIpc) is 3.04. The van der Waals surface area contributed by atoms with Crippen molar-refractivity contribution in [1.82, 2.24) is 19.5 Å². The lowest BCUT2D eigenvalue weighted by molar-refractivity contribution is 0.0941. The maximum atomic E-state index is 12.1. The molecular formula is C14H19BrN4O4S. The molecule has 24 heavy (non-hydrogen) atoms. The summed E-state index contributed by atoms with van der Waals surface area (Å²) in [7, 11) is -3.11. The van der Waals surface area contributed by atoms with Crippen molar-refractivity contribution in [3.63, 3.8) is 0 Å². The third-order valence-corrected chi connectivity index (χ3v) is 5.73. The molecule has 3 heterocycles. The number of nitrogens with one attached hydrogen (secondary N) is 2. The summed E-state index contributed by atoms with van der Waals surface area (Å²) in [4.78, 5) is 17.3. The van der Waals surface area contributed by atoms with Gasteiger partial charge in [-0.25, -0.2) is 8.42 Å². The molecule has 2 N–H and O–H groups in total. The molecule has 0 saturated carbocycles. The first-order valence-corrected chi connectivity index (χ1v) is 10.2. The van der Waals surface area contributed by atoms with E-state index in [9.17, 15) is 13.2 Å². The molecule has 0 radical (unpaired) electrons. The molecule has 132 valence electrons. The van der Waals surface area contributed by atoms with Crippen LogP contribution in [0.3, 0.4) is 0 Å². The fraction of sp³-hybridized carbons (Fsp3) is 0.500. The van der Waals surface area contributed by atoms with Gasteiger partial charge in [-0.3, -0.25) is 9.69 Å². The summed E-state index contributed by atoms with van der Waals surface area (Å²) >= 11 is 3.23. The third kappa shape index (κ3) is 4.00. The Kier molecular flexibility index (Phi) is 5.00. The number of hydrogen-bond donors (Lipinski definition) is 2. The van der Waals surface area contributed by atoms with Crippen LogP contribution >= 0.6 is 15.9 Å². The standard InChI is InChI=1S/C14H19BrN4O4S/c1-24(21,22)19-6-4-18(5-7-19)3-2-16-14(20)11-8-12-10(17-11)9-13(15)23-12/h8-9,17H,2-7H2,1H3,(H,16,20). The maximum Gasteiger partial charge on any atom is 0.267 e. The number of carbonyl (C=O) groups is 1. The highest BCUT2D eigenvalue weighted by molar-refractivity contribution is 9.10. The van der Waals surface area contributed by atoms with Crippen LogP contribution in [0.5, 0.6) is 0 Å². The molecule has 1 fully saturated rings. The number of aromatic amines is 1. The maximum absolute atomic E-state index is 12.1. The number of aromatic nitrogens is 1. The van der Waals surface area contributed by atoms with Crippen LogP contribution in [-0.2, 0) is 10.0 Å². The number of fused-ring (bicyclic) bond motifs is 1. The molecule has 1 aliphatic heterocycles. The first kappa shape index (κ1) is 17.5. The van der Waals surface area contributed by atoms with Crippen LogP contribution in [0.25, 0.3) is 11.1 Å². The second-order valence-electron chi connectivity index (χ2n) is 5.77. The Morgan fingerprint density at radius 3 is 2.67 bits per heavy atom. The Bertz CT molecular complexity index is 805. The zero-order chi connectivity index (χ0) is 17.3. The molecule has 0 aromatic carbocycles. The fourth-order valence-electron chi connectivity index (χ4n) is 2.72. The minimum Gasteiger partial charge on any atom is -0.448 e. The summed E-state index contributed by atoms with van der Waals surface area (Å²) in [5.74, 6) is -0.188. The molecule has 0 atom stereocenters. The van der Waals surface area contributed by atoms with Crippen molar-refractivity contribution in [2.75, 3.05) is 45.5 Å². The topological polar surface area (TPSA) is 98.7 Å². The average molecular weight is 419 g/mol. The predicted octanol–water partition coefficient (Wildman–Crippen LogP) is 0.830.